The predicted molar refractivity (Wildman–Crippen MR) is 104 cm³/mol. The molecule has 2 aromatic heterocycles. The molecule has 0 saturated carbocycles. The van der Waals surface area contributed by atoms with Crippen molar-refractivity contribution in [1.29, 1.82) is 0 Å². The van der Waals surface area contributed by atoms with E-state index in [1.807, 2.05) is 46.6 Å². The molecule has 0 aliphatic rings. The van der Waals surface area contributed by atoms with Crippen LogP contribution in [0.15, 0.2) is 53.5 Å². The summed E-state index contributed by atoms with van der Waals surface area (Å²) in [7, 11) is 3.17. The molecule has 2 heterocycles. The van der Waals surface area contributed by atoms with E-state index in [0.29, 0.717) is 24.6 Å². The lowest BCUT2D eigenvalue weighted by Gasteiger charge is -2.18. The van der Waals surface area contributed by atoms with Gasteiger partial charge in [0.2, 0.25) is 0 Å². The van der Waals surface area contributed by atoms with Crippen LogP contribution in [0.4, 0.5) is 4.79 Å². The van der Waals surface area contributed by atoms with Crippen LogP contribution >= 0.6 is 11.3 Å². The van der Waals surface area contributed by atoms with Gasteiger partial charge in [-0.1, -0.05) is 6.07 Å². The minimum absolute atomic E-state index is 0.0434. The largest absolute Gasteiger partial charge is 0.493 e. The number of thiophene rings is 1. The van der Waals surface area contributed by atoms with E-state index < -0.39 is 0 Å². The SMILES string of the molecule is COc1ccc(CNC(=O)NC[C@@H](c2ccsc2)n2cccn2)cc1OC. The van der Waals surface area contributed by atoms with Gasteiger partial charge in [-0.15, -0.1) is 0 Å². The number of nitrogens with zero attached hydrogens (tertiary/aromatic N) is 2. The van der Waals surface area contributed by atoms with Gasteiger partial charge in [0.15, 0.2) is 11.5 Å². The molecule has 27 heavy (non-hydrogen) atoms. The number of carbonyl (C=O) groups excluding carboxylic acids is 1. The van der Waals surface area contributed by atoms with E-state index in [4.69, 9.17) is 9.47 Å². The van der Waals surface area contributed by atoms with Crippen molar-refractivity contribution in [3.8, 4) is 11.5 Å². The minimum Gasteiger partial charge on any atom is -0.493 e. The third-order valence-electron chi connectivity index (χ3n) is 4.13. The van der Waals surface area contributed by atoms with Crippen molar-refractivity contribution in [2.75, 3.05) is 20.8 Å². The summed E-state index contributed by atoms with van der Waals surface area (Å²) in [5, 5.41) is 14.2. The van der Waals surface area contributed by atoms with Crippen molar-refractivity contribution in [2.24, 2.45) is 0 Å². The van der Waals surface area contributed by atoms with E-state index in [0.717, 1.165) is 11.1 Å². The molecule has 7 nitrogen and oxygen atoms in total. The first-order valence-corrected chi connectivity index (χ1v) is 9.39. The number of carbonyl (C=O) groups is 1. The van der Waals surface area contributed by atoms with Gasteiger partial charge in [-0.3, -0.25) is 4.68 Å². The number of rotatable bonds is 8. The van der Waals surface area contributed by atoms with Crippen molar-refractivity contribution >= 4 is 17.4 Å². The number of amides is 2. The average molecular weight is 386 g/mol. The summed E-state index contributed by atoms with van der Waals surface area (Å²) in [6.45, 7) is 0.827. The molecule has 3 aromatic rings. The van der Waals surface area contributed by atoms with Gasteiger partial charge in [-0.05, 0) is 46.2 Å². The second-order valence-electron chi connectivity index (χ2n) is 5.81. The van der Waals surface area contributed by atoms with E-state index in [1.54, 1.807) is 31.8 Å². The third kappa shape index (κ3) is 4.79. The van der Waals surface area contributed by atoms with E-state index >= 15 is 0 Å². The number of hydrogen-bond donors (Lipinski definition) is 2. The lowest BCUT2D eigenvalue weighted by molar-refractivity contribution is 0.239. The van der Waals surface area contributed by atoms with Gasteiger partial charge < -0.3 is 20.1 Å². The topological polar surface area (TPSA) is 77.4 Å². The number of aromatic nitrogens is 2. The lowest BCUT2D eigenvalue weighted by Crippen LogP contribution is -2.38. The van der Waals surface area contributed by atoms with Crippen molar-refractivity contribution in [2.45, 2.75) is 12.6 Å². The maximum atomic E-state index is 12.2. The second kappa shape index (κ2) is 9.09. The Morgan fingerprint density at radius 1 is 1.22 bits per heavy atom. The summed E-state index contributed by atoms with van der Waals surface area (Å²) < 4.78 is 12.3. The standard InChI is InChI=1S/C19H22N4O3S/c1-25-17-5-4-14(10-18(17)26-2)11-20-19(24)21-12-16(15-6-9-27-13-15)23-8-3-7-22-23/h3-10,13,16H,11-12H2,1-2H3,(H2,20,21,24)/t16-/m0/s1. The highest BCUT2D eigenvalue weighted by Gasteiger charge is 2.15. The van der Waals surface area contributed by atoms with Crippen LogP contribution in [-0.4, -0.2) is 36.6 Å². The molecule has 1 atom stereocenters. The molecule has 3 rings (SSSR count). The number of benzene rings is 1. The van der Waals surface area contributed by atoms with Crippen molar-refractivity contribution in [1.82, 2.24) is 20.4 Å². The minimum atomic E-state index is -0.239. The maximum absolute atomic E-state index is 12.2. The Bertz CT molecular complexity index is 816. The van der Waals surface area contributed by atoms with Crippen LogP contribution in [0.1, 0.15) is 17.2 Å². The zero-order valence-electron chi connectivity index (χ0n) is 15.2. The molecular formula is C19H22N4O3S. The van der Waals surface area contributed by atoms with Gasteiger partial charge in [0.05, 0.1) is 20.3 Å². The van der Waals surface area contributed by atoms with E-state index in [1.165, 1.54) is 0 Å². The quantitative estimate of drug-likeness (QED) is 0.624. The smallest absolute Gasteiger partial charge is 0.315 e. The van der Waals surface area contributed by atoms with Crippen LogP contribution in [0, 0.1) is 0 Å². The van der Waals surface area contributed by atoms with Gasteiger partial charge in [-0.25, -0.2) is 4.79 Å². The molecule has 0 fully saturated rings. The maximum Gasteiger partial charge on any atom is 0.315 e. The molecule has 2 amide bonds. The molecule has 142 valence electrons. The normalized spacial score (nSPS) is 11.6. The van der Waals surface area contributed by atoms with Crippen LogP contribution in [0.2, 0.25) is 0 Å². The highest BCUT2D eigenvalue weighted by atomic mass is 32.1. The Morgan fingerprint density at radius 3 is 2.74 bits per heavy atom. The molecule has 0 saturated heterocycles. The van der Waals surface area contributed by atoms with Crippen LogP contribution in [0.3, 0.4) is 0 Å². The monoisotopic (exact) mass is 386 g/mol. The number of ether oxygens (including phenoxy) is 2. The van der Waals surface area contributed by atoms with Crippen LogP contribution in [0.25, 0.3) is 0 Å². The number of hydrogen-bond acceptors (Lipinski definition) is 5. The highest BCUT2D eigenvalue weighted by molar-refractivity contribution is 7.07. The van der Waals surface area contributed by atoms with E-state index in [2.05, 4.69) is 21.1 Å². The van der Waals surface area contributed by atoms with Gasteiger partial charge in [0.1, 0.15) is 0 Å². The average Bonchev–Trinajstić information content (AvgIpc) is 3.41. The zero-order valence-corrected chi connectivity index (χ0v) is 16.0. The molecule has 2 N–H and O–H groups in total. The van der Waals surface area contributed by atoms with Crippen LogP contribution in [0.5, 0.6) is 11.5 Å². The summed E-state index contributed by atoms with van der Waals surface area (Å²) in [6, 6.07) is 9.18. The van der Waals surface area contributed by atoms with Crippen LogP contribution < -0.4 is 20.1 Å². The molecule has 0 bridgehead atoms. The van der Waals surface area contributed by atoms with Crippen LogP contribution in [-0.2, 0) is 6.54 Å². The van der Waals surface area contributed by atoms with Gasteiger partial charge in [0.25, 0.3) is 0 Å². The van der Waals surface area contributed by atoms with E-state index in [-0.39, 0.29) is 12.1 Å². The first kappa shape index (κ1) is 18.8. The van der Waals surface area contributed by atoms with Gasteiger partial charge in [-0.2, -0.15) is 16.4 Å². The molecule has 8 heteroatoms. The van der Waals surface area contributed by atoms with Gasteiger partial charge >= 0.3 is 6.03 Å². The first-order valence-electron chi connectivity index (χ1n) is 8.45. The molecule has 1 aromatic carbocycles. The second-order valence-corrected chi connectivity index (χ2v) is 6.59. The predicted octanol–water partition coefficient (Wildman–Crippen LogP) is 3.05. The molecular weight excluding hydrogens is 364 g/mol. The van der Waals surface area contributed by atoms with Gasteiger partial charge in [0, 0.05) is 25.5 Å². The third-order valence-corrected chi connectivity index (χ3v) is 4.83. The fourth-order valence-electron chi connectivity index (χ4n) is 2.72. The van der Waals surface area contributed by atoms with Crippen molar-refractivity contribution < 1.29 is 14.3 Å². The fraction of sp³-hybridized carbons (Fsp3) is 0.263. The molecule has 0 unspecified atom stereocenters. The summed E-state index contributed by atoms with van der Waals surface area (Å²) in [4.78, 5) is 12.2. The van der Waals surface area contributed by atoms with Crippen molar-refractivity contribution in [3.63, 3.8) is 0 Å². The van der Waals surface area contributed by atoms with Crippen molar-refractivity contribution in [3.05, 3.63) is 64.6 Å². The highest BCUT2D eigenvalue weighted by Crippen LogP contribution is 2.27. The molecule has 0 aliphatic heterocycles. The number of methoxy groups -OCH3 is 2. The Morgan fingerprint density at radius 2 is 2.07 bits per heavy atom. The summed E-state index contributed by atoms with van der Waals surface area (Å²) in [5.41, 5.74) is 2.04. The summed E-state index contributed by atoms with van der Waals surface area (Å²) in [6.07, 6.45) is 3.63. The number of nitrogens with one attached hydrogen (secondary N) is 2. The fourth-order valence-corrected chi connectivity index (χ4v) is 3.43. The Kier molecular flexibility index (Phi) is 6.32. The Hall–Kier alpha value is -3.00. The molecule has 0 spiro atoms. The summed E-state index contributed by atoms with van der Waals surface area (Å²) in [5.74, 6) is 1.29. The van der Waals surface area contributed by atoms with E-state index in [9.17, 15) is 4.79 Å². The lowest BCUT2D eigenvalue weighted by atomic mass is 10.1. The Labute approximate surface area is 161 Å². The number of urea groups is 1. The molecule has 0 aliphatic carbocycles. The Balaban J connectivity index is 1.56. The summed E-state index contributed by atoms with van der Waals surface area (Å²) >= 11 is 1.62. The first-order chi connectivity index (χ1) is 13.2. The zero-order chi connectivity index (χ0) is 19.1. The molecule has 0 radical (unpaired) electrons.